The number of nitrogens with one attached hydrogen (secondary N) is 2. The third-order valence-corrected chi connectivity index (χ3v) is 3.07. The molecule has 0 spiro atoms. The van der Waals surface area contributed by atoms with Gasteiger partial charge >= 0.3 is 0 Å². The number of halogens is 1. The van der Waals surface area contributed by atoms with Crippen LogP contribution in [0.3, 0.4) is 0 Å². The Morgan fingerprint density at radius 1 is 1.47 bits per heavy atom. The molecule has 0 saturated carbocycles. The molecule has 0 saturated heterocycles. The van der Waals surface area contributed by atoms with E-state index >= 15 is 0 Å². The maximum atomic E-state index is 13.8. The summed E-state index contributed by atoms with van der Waals surface area (Å²) in [6.45, 7) is 4.28. The van der Waals surface area contributed by atoms with Gasteiger partial charge in [0.05, 0.1) is 11.8 Å². The average molecular weight is 288 g/mol. The standard InChI is InChI=1S/C13H21FN2O2S/c1-9(2)15-8-13(17)10-5-6-12(11(14)7-10)16-19(3,4)18/h5-7,9,13,15,17H,3,8H2,1-2,4H3,(H,16,18). The van der Waals surface area contributed by atoms with E-state index in [1.54, 1.807) is 6.07 Å². The van der Waals surface area contributed by atoms with E-state index in [1.165, 1.54) is 18.4 Å². The zero-order valence-electron chi connectivity index (χ0n) is 11.4. The van der Waals surface area contributed by atoms with Gasteiger partial charge in [-0.2, -0.15) is 0 Å². The molecule has 6 heteroatoms. The molecule has 108 valence electrons. The third-order valence-electron chi connectivity index (χ3n) is 2.42. The maximum Gasteiger partial charge on any atom is 0.147 e. The van der Waals surface area contributed by atoms with Crippen molar-refractivity contribution < 1.29 is 13.7 Å². The fourth-order valence-corrected chi connectivity index (χ4v) is 2.15. The van der Waals surface area contributed by atoms with Gasteiger partial charge in [-0.25, -0.2) is 8.60 Å². The average Bonchev–Trinajstić information content (AvgIpc) is 2.27. The summed E-state index contributed by atoms with van der Waals surface area (Å²) in [4.78, 5) is 0. The van der Waals surface area contributed by atoms with Gasteiger partial charge in [-0.3, -0.25) is 0 Å². The molecule has 0 bridgehead atoms. The van der Waals surface area contributed by atoms with Crippen molar-refractivity contribution in [1.29, 1.82) is 0 Å². The SMILES string of the molecule is C=S(C)(=O)Nc1ccc(C(O)CNC(C)C)cc1F. The van der Waals surface area contributed by atoms with Gasteiger partial charge in [-0.05, 0) is 23.6 Å². The van der Waals surface area contributed by atoms with Crippen molar-refractivity contribution in [2.24, 2.45) is 0 Å². The summed E-state index contributed by atoms with van der Waals surface area (Å²) in [5.41, 5.74) is 0.595. The quantitative estimate of drug-likeness (QED) is 0.696. The molecule has 1 aromatic carbocycles. The minimum Gasteiger partial charge on any atom is -0.387 e. The minimum absolute atomic E-state index is 0.121. The molecular weight excluding hydrogens is 267 g/mol. The molecule has 1 rings (SSSR count). The first-order valence-corrected chi connectivity index (χ1v) is 8.13. The Labute approximate surface area is 114 Å². The highest BCUT2D eigenvalue weighted by Gasteiger charge is 2.12. The second-order valence-electron chi connectivity index (χ2n) is 4.93. The number of aliphatic hydroxyl groups excluding tert-OH is 1. The van der Waals surface area contributed by atoms with Crippen molar-refractivity contribution in [3.63, 3.8) is 0 Å². The van der Waals surface area contributed by atoms with E-state index in [2.05, 4.69) is 15.9 Å². The molecule has 0 fully saturated rings. The molecule has 2 unspecified atom stereocenters. The van der Waals surface area contributed by atoms with Gasteiger partial charge in [-0.1, -0.05) is 19.9 Å². The Morgan fingerprint density at radius 3 is 2.58 bits per heavy atom. The van der Waals surface area contributed by atoms with E-state index in [9.17, 15) is 13.7 Å². The van der Waals surface area contributed by atoms with Crippen LogP contribution in [-0.2, 0) is 9.71 Å². The molecule has 0 radical (unpaired) electrons. The zero-order valence-corrected chi connectivity index (χ0v) is 12.3. The molecule has 0 amide bonds. The van der Waals surface area contributed by atoms with Gasteiger partial charge in [0.2, 0.25) is 0 Å². The van der Waals surface area contributed by atoms with E-state index < -0.39 is 21.6 Å². The Balaban J connectivity index is 2.81. The van der Waals surface area contributed by atoms with Crippen molar-refractivity contribution in [3.05, 3.63) is 29.6 Å². The van der Waals surface area contributed by atoms with E-state index in [-0.39, 0.29) is 11.7 Å². The monoisotopic (exact) mass is 288 g/mol. The first-order valence-electron chi connectivity index (χ1n) is 6.00. The van der Waals surface area contributed by atoms with E-state index in [1.807, 2.05) is 13.8 Å². The third kappa shape index (κ3) is 5.59. The summed E-state index contributed by atoms with van der Waals surface area (Å²) in [6.07, 6.45) is 0.610. The summed E-state index contributed by atoms with van der Waals surface area (Å²) in [5, 5.41) is 13.0. The second-order valence-corrected chi connectivity index (χ2v) is 7.14. The van der Waals surface area contributed by atoms with Crippen molar-refractivity contribution in [2.45, 2.75) is 26.0 Å². The number of anilines is 1. The summed E-state index contributed by atoms with van der Waals surface area (Å²) in [7, 11) is -2.52. The summed E-state index contributed by atoms with van der Waals surface area (Å²) < 4.78 is 27.8. The van der Waals surface area contributed by atoms with Gasteiger partial charge < -0.3 is 15.1 Å². The molecule has 0 aromatic heterocycles. The van der Waals surface area contributed by atoms with Gasteiger partial charge in [0.1, 0.15) is 5.82 Å². The Morgan fingerprint density at radius 2 is 2.11 bits per heavy atom. The van der Waals surface area contributed by atoms with Crippen LogP contribution in [0.2, 0.25) is 0 Å². The Bertz CT molecular complexity index is 529. The van der Waals surface area contributed by atoms with Crippen LogP contribution in [0, 0.1) is 5.82 Å². The molecule has 19 heavy (non-hydrogen) atoms. The minimum atomic E-state index is -2.52. The molecule has 4 nitrogen and oxygen atoms in total. The zero-order chi connectivity index (χ0) is 14.6. The number of rotatable bonds is 6. The van der Waals surface area contributed by atoms with E-state index in [0.29, 0.717) is 12.1 Å². The lowest BCUT2D eigenvalue weighted by atomic mass is 10.1. The highest BCUT2D eigenvalue weighted by atomic mass is 32.2. The number of hydrogen-bond donors (Lipinski definition) is 3. The molecule has 1 aromatic rings. The highest BCUT2D eigenvalue weighted by molar-refractivity contribution is 8.00. The normalized spacial score (nSPS) is 16.1. The molecule has 0 aliphatic carbocycles. The Hall–Kier alpha value is -1.11. The lowest BCUT2D eigenvalue weighted by Gasteiger charge is -2.16. The second kappa shape index (κ2) is 6.36. The molecule has 0 heterocycles. The van der Waals surface area contributed by atoms with Crippen LogP contribution in [0.25, 0.3) is 0 Å². The lowest BCUT2D eigenvalue weighted by Crippen LogP contribution is -2.28. The first-order chi connectivity index (χ1) is 8.69. The maximum absolute atomic E-state index is 13.8. The van der Waals surface area contributed by atoms with E-state index in [4.69, 9.17) is 0 Å². The number of hydrogen-bond acceptors (Lipinski definition) is 3. The largest absolute Gasteiger partial charge is 0.387 e. The van der Waals surface area contributed by atoms with Crippen LogP contribution in [0.4, 0.5) is 10.1 Å². The van der Waals surface area contributed by atoms with Crippen LogP contribution in [0.15, 0.2) is 18.2 Å². The smallest absolute Gasteiger partial charge is 0.147 e. The summed E-state index contributed by atoms with van der Waals surface area (Å²) in [6, 6.07) is 4.54. The van der Waals surface area contributed by atoms with Gasteiger partial charge in [0.15, 0.2) is 0 Å². The molecule has 2 atom stereocenters. The van der Waals surface area contributed by atoms with Crippen molar-refractivity contribution in [3.8, 4) is 0 Å². The van der Waals surface area contributed by atoms with Crippen LogP contribution in [0.5, 0.6) is 0 Å². The first kappa shape index (κ1) is 15.9. The van der Waals surface area contributed by atoms with Crippen LogP contribution < -0.4 is 10.0 Å². The predicted molar refractivity (Wildman–Crippen MR) is 79.3 cm³/mol. The molecule has 3 N–H and O–H groups in total. The predicted octanol–water partition coefficient (Wildman–Crippen LogP) is 1.53. The van der Waals surface area contributed by atoms with Crippen LogP contribution in [0.1, 0.15) is 25.5 Å². The van der Waals surface area contributed by atoms with Crippen LogP contribution >= 0.6 is 0 Å². The fourth-order valence-electron chi connectivity index (χ4n) is 1.52. The highest BCUT2D eigenvalue weighted by Crippen LogP contribution is 2.20. The molecule has 0 aliphatic heterocycles. The van der Waals surface area contributed by atoms with E-state index in [0.717, 1.165) is 0 Å². The fraction of sp³-hybridized carbons (Fsp3) is 0.462. The summed E-state index contributed by atoms with van der Waals surface area (Å²) in [5.74, 6) is 2.85. The molecule has 0 aliphatic rings. The Kier molecular flexibility index (Phi) is 5.34. The van der Waals surface area contributed by atoms with Gasteiger partial charge in [0.25, 0.3) is 0 Å². The van der Waals surface area contributed by atoms with Crippen LogP contribution in [-0.4, -0.2) is 34.0 Å². The summed E-state index contributed by atoms with van der Waals surface area (Å²) >= 11 is 0. The number of aliphatic hydroxyl groups is 1. The lowest BCUT2D eigenvalue weighted by molar-refractivity contribution is 0.171. The van der Waals surface area contributed by atoms with Crippen molar-refractivity contribution in [2.75, 3.05) is 17.5 Å². The van der Waals surface area contributed by atoms with Gasteiger partial charge in [0, 0.05) is 28.6 Å². The topological polar surface area (TPSA) is 61.4 Å². The number of benzene rings is 1. The van der Waals surface area contributed by atoms with Gasteiger partial charge in [-0.15, -0.1) is 0 Å². The van der Waals surface area contributed by atoms with Crippen molar-refractivity contribution >= 4 is 21.3 Å². The van der Waals surface area contributed by atoms with Crippen molar-refractivity contribution in [1.82, 2.24) is 5.32 Å². The molecular formula is C13H21FN2O2S.